The van der Waals surface area contributed by atoms with E-state index in [0.717, 1.165) is 19.3 Å². The fourth-order valence-corrected chi connectivity index (χ4v) is 4.01. The molecule has 0 spiro atoms. The first-order valence-corrected chi connectivity index (χ1v) is 10.1. The Labute approximate surface area is 175 Å². The summed E-state index contributed by atoms with van der Waals surface area (Å²) in [7, 11) is 3.25. The van der Waals surface area contributed by atoms with E-state index in [2.05, 4.69) is 12.1 Å². The lowest BCUT2D eigenvalue weighted by atomic mass is 9.87. The first-order valence-electron chi connectivity index (χ1n) is 10.1. The largest absolute Gasteiger partial charge is 0.493 e. The molecular formula is C23H25NO6. The molecule has 0 fully saturated rings. The average molecular weight is 411 g/mol. The summed E-state index contributed by atoms with van der Waals surface area (Å²) in [5, 5.41) is 0. The Hall–Kier alpha value is -3.22. The van der Waals surface area contributed by atoms with Gasteiger partial charge in [0.15, 0.2) is 18.1 Å². The predicted molar refractivity (Wildman–Crippen MR) is 109 cm³/mol. The Kier molecular flexibility index (Phi) is 5.79. The molecule has 0 bridgehead atoms. The van der Waals surface area contributed by atoms with Gasteiger partial charge in [-0.25, -0.2) is 4.79 Å². The van der Waals surface area contributed by atoms with Crippen LogP contribution in [0.1, 0.15) is 40.4 Å². The Bertz CT molecular complexity index is 939. The molecule has 30 heavy (non-hydrogen) atoms. The molecule has 2 aliphatic rings. The topological polar surface area (TPSA) is 74.3 Å². The number of carbonyl (C=O) groups is 2. The third-order valence-corrected chi connectivity index (χ3v) is 5.59. The van der Waals surface area contributed by atoms with Gasteiger partial charge in [-0.15, -0.1) is 0 Å². The first-order chi connectivity index (χ1) is 14.6. The number of methoxy groups -OCH3 is 1. The van der Waals surface area contributed by atoms with Crippen LogP contribution in [0.5, 0.6) is 17.2 Å². The number of rotatable bonds is 5. The number of amides is 1. The molecule has 0 unspecified atom stereocenters. The van der Waals surface area contributed by atoms with Crippen LogP contribution >= 0.6 is 0 Å². The molecule has 1 amide bonds. The lowest BCUT2D eigenvalue weighted by Crippen LogP contribution is -2.36. The molecule has 0 saturated heterocycles. The lowest BCUT2D eigenvalue weighted by Gasteiger charge is -2.33. The molecule has 2 aromatic carbocycles. The second-order valence-corrected chi connectivity index (χ2v) is 7.39. The minimum absolute atomic E-state index is 0.00413. The van der Waals surface area contributed by atoms with Gasteiger partial charge in [-0.1, -0.05) is 24.3 Å². The van der Waals surface area contributed by atoms with Gasteiger partial charge in [0, 0.05) is 7.05 Å². The zero-order chi connectivity index (χ0) is 21.1. The van der Waals surface area contributed by atoms with Crippen LogP contribution in [-0.2, 0) is 16.0 Å². The number of hydrogen-bond donors (Lipinski definition) is 0. The van der Waals surface area contributed by atoms with Crippen LogP contribution in [-0.4, -0.2) is 50.8 Å². The number of ether oxygens (including phenoxy) is 4. The van der Waals surface area contributed by atoms with E-state index in [1.807, 2.05) is 12.1 Å². The highest BCUT2D eigenvalue weighted by atomic mass is 16.6. The van der Waals surface area contributed by atoms with Crippen molar-refractivity contribution in [2.24, 2.45) is 0 Å². The van der Waals surface area contributed by atoms with Crippen LogP contribution in [0.2, 0.25) is 0 Å². The second kappa shape index (κ2) is 8.65. The van der Waals surface area contributed by atoms with Crippen LogP contribution in [0.4, 0.5) is 0 Å². The number of fused-ring (bicyclic) bond motifs is 2. The molecule has 0 saturated carbocycles. The van der Waals surface area contributed by atoms with Gasteiger partial charge in [0.1, 0.15) is 13.2 Å². The summed E-state index contributed by atoms with van der Waals surface area (Å²) in [6.45, 7) is 0.476. The summed E-state index contributed by atoms with van der Waals surface area (Å²) >= 11 is 0. The van der Waals surface area contributed by atoms with Crippen molar-refractivity contribution in [1.82, 2.24) is 4.90 Å². The molecule has 0 aromatic heterocycles. The Morgan fingerprint density at radius 2 is 1.97 bits per heavy atom. The minimum Gasteiger partial charge on any atom is -0.493 e. The number of benzene rings is 2. The summed E-state index contributed by atoms with van der Waals surface area (Å²) in [5.41, 5.74) is 2.69. The summed E-state index contributed by atoms with van der Waals surface area (Å²) in [6.07, 6.45) is 2.94. The summed E-state index contributed by atoms with van der Waals surface area (Å²) in [6, 6.07) is 11.3. The number of esters is 1. The highest BCUT2D eigenvalue weighted by Gasteiger charge is 2.27. The van der Waals surface area contributed by atoms with Gasteiger partial charge in [0.25, 0.3) is 5.91 Å². The summed E-state index contributed by atoms with van der Waals surface area (Å²) in [4.78, 5) is 27.0. The van der Waals surface area contributed by atoms with Crippen molar-refractivity contribution in [2.75, 3.05) is 34.0 Å². The third-order valence-electron chi connectivity index (χ3n) is 5.59. The number of likely N-dealkylation sites (N-methyl/N-ethyl adjacent to an activating group) is 1. The third kappa shape index (κ3) is 3.92. The molecule has 4 rings (SSSR count). The monoisotopic (exact) mass is 411 g/mol. The summed E-state index contributed by atoms with van der Waals surface area (Å²) < 4.78 is 21.7. The predicted octanol–water partition coefficient (Wildman–Crippen LogP) is 3.16. The van der Waals surface area contributed by atoms with Crippen LogP contribution in [0.3, 0.4) is 0 Å². The maximum atomic E-state index is 12.7. The van der Waals surface area contributed by atoms with Crippen molar-refractivity contribution in [3.63, 3.8) is 0 Å². The van der Waals surface area contributed by atoms with Gasteiger partial charge >= 0.3 is 5.97 Å². The van der Waals surface area contributed by atoms with E-state index in [4.69, 9.17) is 18.9 Å². The molecule has 7 heteroatoms. The molecule has 1 aliphatic carbocycles. The van der Waals surface area contributed by atoms with Crippen molar-refractivity contribution in [1.29, 1.82) is 0 Å². The number of hydrogen-bond acceptors (Lipinski definition) is 6. The zero-order valence-electron chi connectivity index (χ0n) is 17.2. The van der Waals surface area contributed by atoms with E-state index in [9.17, 15) is 9.59 Å². The Balaban J connectivity index is 1.42. The maximum Gasteiger partial charge on any atom is 0.338 e. The summed E-state index contributed by atoms with van der Waals surface area (Å²) in [5.74, 6) is 0.425. The van der Waals surface area contributed by atoms with E-state index in [-0.39, 0.29) is 24.1 Å². The van der Waals surface area contributed by atoms with Crippen molar-refractivity contribution in [3.05, 3.63) is 53.1 Å². The molecular weight excluding hydrogens is 386 g/mol. The SMILES string of the molecule is COc1cc(C(=O)OCC(=O)N(C)[C@@H]2CCCc3ccccc32)cc2c1OCCO2. The van der Waals surface area contributed by atoms with E-state index < -0.39 is 5.97 Å². The number of aryl methyl sites for hydroxylation is 1. The highest BCUT2D eigenvalue weighted by molar-refractivity contribution is 5.93. The van der Waals surface area contributed by atoms with Gasteiger partial charge in [0.2, 0.25) is 5.75 Å². The minimum atomic E-state index is -0.615. The fraction of sp³-hybridized carbons (Fsp3) is 0.391. The van der Waals surface area contributed by atoms with Crippen LogP contribution in [0, 0.1) is 0 Å². The quantitative estimate of drug-likeness (QED) is 0.704. The van der Waals surface area contributed by atoms with Crippen LogP contribution in [0.15, 0.2) is 36.4 Å². The molecule has 0 N–H and O–H groups in total. The van der Waals surface area contributed by atoms with Crippen molar-refractivity contribution < 1.29 is 28.5 Å². The molecule has 1 heterocycles. The standard InChI is InChI=1S/C23H25NO6/c1-24(18-9-5-7-15-6-3-4-8-17(15)18)21(25)14-30-23(26)16-12-19(27-2)22-20(13-16)28-10-11-29-22/h3-4,6,8,12-13,18H,5,7,9-11,14H2,1-2H3/t18-/m1/s1. The normalized spacial score (nSPS) is 16.9. The second-order valence-electron chi connectivity index (χ2n) is 7.39. The molecule has 0 radical (unpaired) electrons. The van der Waals surface area contributed by atoms with Crippen molar-refractivity contribution >= 4 is 11.9 Å². The van der Waals surface area contributed by atoms with E-state index >= 15 is 0 Å². The molecule has 1 atom stereocenters. The number of carbonyl (C=O) groups excluding carboxylic acids is 2. The van der Waals surface area contributed by atoms with Crippen molar-refractivity contribution in [3.8, 4) is 17.2 Å². The number of nitrogens with zero attached hydrogens (tertiary/aromatic N) is 1. The van der Waals surface area contributed by atoms with Gasteiger partial charge in [-0.3, -0.25) is 4.79 Å². The zero-order valence-corrected chi connectivity index (χ0v) is 17.2. The molecule has 7 nitrogen and oxygen atoms in total. The Morgan fingerprint density at radius 1 is 1.17 bits per heavy atom. The van der Waals surface area contributed by atoms with Crippen molar-refractivity contribution in [2.45, 2.75) is 25.3 Å². The fourth-order valence-electron chi connectivity index (χ4n) is 4.01. The van der Waals surface area contributed by atoms with Gasteiger partial charge < -0.3 is 23.8 Å². The van der Waals surface area contributed by atoms with Gasteiger partial charge in [-0.2, -0.15) is 0 Å². The molecule has 1 aliphatic heterocycles. The van der Waals surface area contributed by atoms with Crippen LogP contribution < -0.4 is 14.2 Å². The Morgan fingerprint density at radius 3 is 2.80 bits per heavy atom. The molecule has 158 valence electrons. The highest BCUT2D eigenvalue weighted by Crippen LogP contribution is 2.40. The maximum absolute atomic E-state index is 12.7. The lowest BCUT2D eigenvalue weighted by molar-refractivity contribution is -0.135. The van der Waals surface area contributed by atoms with Gasteiger partial charge in [0.05, 0.1) is 18.7 Å². The van der Waals surface area contributed by atoms with E-state index in [1.54, 1.807) is 18.0 Å². The smallest absolute Gasteiger partial charge is 0.338 e. The first kappa shape index (κ1) is 20.1. The van der Waals surface area contributed by atoms with Crippen LogP contribution in [0.25, 0.3) is 0 Å². The van der Waals surface area contributed by atoms with E-state index in [1.165, 1.54) is 24.3 Å². The average Bonchev–Trinajstić information content (AvgIpc) is 2.80. The van der Waals surface area contributed by atoms with E-state index in [0.29, 0.717) is 30.5 Å². The van der Waals surface area contributed by atoms with Gasteiger partial charge in [-0.05, 0) is 42.5 Å². The molecule has 2 aromatic rings.